The maximum absolute atomic E-state index is 13.6. The van der Waals surface area contributed by atoms with Crippen molar-refractivity contribution in [2.75, 3.05) is 0 Å². The van der Waals surface area contributed by atoms with Crippen LogP contribution in [0.5, 0.6) is 0 Å². The Balaban J connectivity index is 1.70. The molecule has 0 aliphatic rings. The van der Waals surface area contributed by atoms with Crippen LogP contribution in [0.4, 0.5) is 0 Å². The smallest absolute Gasteiger partial charge is 0.273 e. The van der Waals surface area contributed by atoms with Gasteiger partial charge >= 0.3 is 0 Å². The van der Waals surface area contributed by atoms with E-state index in [2.05, 4.69) is 15.3 Å². The van der Waals surface area contributed by atoms with E-state index < -0.39 is 6.04 Å². The third kappa shape index (κ3) is 5.68. The van der Waals surface area contributed by atoms with E-state index in [1.165, 1.54) is 0 Å². The van der Waals surface area contributed by atoms with E-state index in [1.807, 2.05) is 66.7 Å². The second kappa shape index (κ2) is 10.8. The van der Waals surface area contributed by atoms with Crippen LogP contribution in [0.1, 0.15) is 33.2 Å². The maximum Gasteiger partial charge on any atom is 0.273 e. The number of nitrogens with zero attached hydrogens (tertiary/aromatic N) is 3. The van der Waals surface area contributed by atoms with Crippen molar-refractivity contribution in [3.63, 3.8) is 0 Å². The van der Waals surface area contributed by atoms with E-state index in [4.69, 9.17) is 0 Å². The molecule has 2 aromatic heterocycles. The van der Waals surface area contributed by atoms with Gasteiger partial charge in [-0.3, -0.25) is 19.6 Å². The van der Waals surface area contributed by atoms with Crippen molar-refractivity contribution in [3.8, 4) is 0 Å². The largest absolute Gasteiger partial charge is 0.350 e. The molecule has 33 heavy (non-hydrogen) atoms. The summed E-state index contributed by atoms with van der Waals surface area (Å²) >= 11 is 0. The fraction of sp³-hybridized carbons (Fsp3) is 0.111. The van der Waals surface area contributed by atoms with Crippen molar-refractivity contribution in [1.82, 2.24) is 20.2 Å². The number of aromatic nitrogens is 2. The summed E-state index contributed by atoms with van der Waals surface area (Å²) in [7, 11) is 0. The number of rotatable bonds is 8. The van der Waals surface area contributed by atoms with Crippen LogP contribution in [0.25, 0.3) is 0 Å². The average molecular weight is 437 g/mol. The highest BCUT2D eigenvalue weighted by Crippen LogP contribution is 2.25. The lowest BCUT2D eigenvalue weighted by Crippen LogP contribution is -2.43. The van der Waals surface area contributed by atoms with Crippen LogP contribution in [0.15, 0.2) is 110 Å². The van der Waals surface area contributed by atoms with E-state index in [1.54, 1.807) is 47.8 Å². The third-order valence-electron chi connectivity index (χ3n) is 5.21. The summed E-state index contributed by atoms with van der Waals surface area (Å²) in [5, 5.41) is 2.99. The molecule has 2 aromatic carbocycles. The molecule has 4 rings (SSSR count). The Bertz CT molecular complexity index is 1170. The normalized spacial score (nSPS) is 11.4. The first-order valence-corrected chi connectivity index (χ1v) is 10.7. The summed E-state index contributed by atoms with van der Waals surface area (Å²) < 4.78 is 0. The summed E-state index contributed by atoms with van der Waals surface area (Å²) in [6.45, 7) is 0.599. The number of benzene rings is 2. The highest BCUT2D eigenvalue weighted by Gasteiger charge is 2.32. The van der Waals surface area contributed by atoms with Gasteiger partial charge in [0.25, 0.3) is 5.91 Å². The monoisotopic (exact) mass is 436 g/mol. The van der Waals surface area contributed by atoms with Gasteiger partial charge in [-0.05, 0) is 29.3 Å². The van der Waals surface area contributed by atoms with Gasteiger partial charge in [-0.2, -0.15) is 0 Å². The molecule has 0 saturated carbocycles. The van der Waals surface area contributed by atoms with Gasteiger partial charge in [0.15, 0.2) is 0 Å². The summed E-state index contributed by atoms with van der Waals surface area (Å²) in [6.07, 6.45) is 4.84. The molecular formula is C27H24N4O2. The topological polar surface area (TPSA) is 75.2 Å². The first kappa shape index (κ1) is 21.9. The van der Waals surface area contributed by atoms with Gasteiger partial charge < -0.3 is 10.2 Å². The minimum absolute atomic E-state index is 0.245. The van der Waals surface area contributed by atoms with Gasteiger partial charge in [0.1, 0.15) is 11.7 Å². The number of amides is 2. The Kier molecular flexibility index (Phi) is 7.18. The Hall–Kier alpha value is -4.32. The maximum atomic E-state index is 13.6. The van der Waals surface area contributed by atoms with Crippen molar-refractivity contribution in [3.05, 3.63) is 132 Å². The summed E-state index contributed by atoms with van der Waals surface area (Å²) in [5.74, 6) is -0.616. The minimum atomic E-state index is -0.878. The minimum Gasteiger partial charge on any atom is -0.350 e. The molecule has 6 nitrogen and oxygen atoms in total. The quantitative estimate of drug-likeness (QED) is 0.450. The fourth-order valence-corrected chi connectivity index (χ4v) is 3.59. The Morgan fingerprint density at radius 3 is 2.12 bits per heavy atom. The lowest BCUT2D eigenvalue weighted by Gasteiger charge is -2.31. The van der Waals surface area contributed by atoms with E-state index >= 15 is 0 Å². The van der Waals surface area contributed by atoms with Gasteiger partial charge in [-0.1, -0.05) is 72.8 Å². The number of nitrogens with one attached hydrogen (secondary N) is 1. The van der Waals surface area contributed by atoms with Crippen molar-refractivity contribution in [2.24, 2.45) is 0 Å². The lowest BCUT2D eigenvalue weighted by molar-refractivity contribution is -0.126. The molecule has 6 heteroatoms. The summed E-state index contributed by atoms with van der Waals surface area (Å²) in [6, 6.07) is 27.1. The zero-order valence-electron chi connectivity index (χ0n) is 18.0. The zero-order valence-corrected chi connectivity index (χ0v) is 18.0. The molecule has 0 aliphatic carbocycles. The molecule has 2 amide bonds. The van der Waals surface area contributed by atoms with Crippen LogP contribution in [0, 0.1) is 0 Å². The molecular weight excluding hydrogens is 412 g/mol. The number of hydrogen-bond donors (Lipinski definition) is 1. The molecule has 1 atom stereocenters. The van der Waals surface area contributed by atoms with Gasteiger partial charge in [0.05, 0.1) is 0 Å². The molecule has 164 valence electrons. The van der Waals surface area contributed by atoms with Gasteiger partial charge in [0, 0.05) is 37.2 Å². The molecule has 0 saturated heterocycles. The molecule has 4 aromatic rings. The van der Waals surface area contributed by atoms with E-state index in [0.29, 0.717) is 12.1 Å². The first-order valence-electron chi connectivity index (χ1n) is 10.7. The SMILES string of the molecule is O=C(NCc1ccccc1)[C@@H](c1cccnc1)N(Cc1ccccc1)C(=O)c1ccccn1. The third-order valence-corrected chi connectivity index (χ3v) is 5.21. The molecule has 0 fully saturated rings. The molecule has 1 N–H and O–H groups in total. The Morgan fingerprint density at radius 2 is 1.48 bits per heavy atom. The zero-order chi connectivity index (χ0) is 22.9. The van der Waals surface area contributed by atoms with Crippen LogP contribution < -0.4 is 5.32 Å². The molecule has 0 unspecified atom stereocenters. The van der Waals surface area contributed by atoms with Crippen LogP contribution in [-0.2, 0) is 17.9 Å². The van der Waals surface area contributed by atoms with E-state index in [9.17, 15) is 9.59 Å². The van der Waals surface area contributed by atoms with Gasteiger partial charge in [-0.15, -0.1) is 0 Å². The predicted molar refractivity (Wildman–Crippen MR) is 126 cm³/mol. The Labute approximate surface area is 192 Å². The van der Waals surface area contributed by atoms with Crippen LogP contribution in [-0.4, -0.2) is 26.7 Å². The molecule has 0 spiro atoms. The highest BCUT2D eigenvalue weighted by atomic mass is 16.2. The first-order chi connectivity index (χ1) is 16.2. The number of carbonyl (C=O) groups is 2. The molecule has 0 aliphatic heterocycles. The second-order valence-corrected chi connectivity index (χ2v) is 7.53. The number of carbonyl (C=O) groups excluding carboxylic acids is 2. The molecule has 2 heterocycles. The number of pyridine rings is 2. The fourth-order valence-electron chi connectivity index (χ4n) is 3.59. The van der Waals surface area contributed by atoms with Crippen LogP contribution in [0.2, 0.25) is 0 Å². The van der Waals surface area contributed by atoms with E-state index in [0.717, 1.165) is 11.1 Å². The van der Waals surface area contributed by atoms with Gasteiger partial charge in [0.2, 0.25) is 5.91 Å². The summed E-state index contributed by atoms with van der Waals surface area (Å²) in [4.78, 5) is 37.1. The van der Waals surface area contributed by atoms with Crippen molar-refractivity contribution in [2.45, 2.75) is 19.1 Å². The highest BCUT2D eigenvalue weighted by molar-refractivity contribution is 5.96. The average Bonchev–Trinajstić information content (AvgIpc) is 2.89. The van der Waals surface area contributed by atoms with Crippen molar-refractivity contribution in [1.29, 1.82) is 0 Å². The lowest BCUT2D eigenvalue weighted by atomic mass is 10.0. The van der Waals surface area contributed by atoms with Crippen LogP contribution >= 0.6 is 0 Å². The Morgan fingerprint density at radius 1 is 0.788 bits per heavy atom. The van der Waals surface area contributed by atoms with Gasteiger partial charge in [-0.25, -0.2) is 0 Å². The van der Waals surface area contributed by atoms with Crippen molar-refractivity contribution >= 4 is 11.8 Å². The predicted octanol–water partition coefficient (Wildman–Crippen LogP) is 4.18. The number of hydrogen-bond acceptors (Lipinski definition) is 4. The molecule has 0 bridgehead atoms. The van der Waals surface area contributed by atoms with Crippen LogP contribution in [0.3, 0.4) is 0 Å². The van der Waals surface area contributed by atoms with Crippen molar-refractivity contribution < 1.29 is 9.59 Å². The van der Waals surface area contributed by atoms with E-state index in [-0.39, 0.29) is 24.1 Å². The molecule has 0 radical (unpaired) electrons. The standard InChI is InChI=1S/C27H24N4O2/c32-26(30-18-21-10-3-1-4-11-21)25(23-14-9-16-28-19-23)31(20-22-12-5-2-6-13-22)27(33)24-15-7-8-17-29-24/h1-17,19,25H,18,20H2,(H,30,32)/t25-/m1/s1. The summed E-state index contributed by atoms with van der Waals surface area (Å²) in [5.41, 5.74) is 2.79. The second-order valence-electron chi connectivity index (χ2n) is 7.53.